The highest BCUT2D eigenvalue weighted by atomic mass is 32.1. The number of benzene rings is 1. The van der Waals surface area contributed by atoms with Crippen molar-refractivity contribution in [3.63, 3.8) is 0 Å². The Morgan fingerprint density at radius 3 is 2.75 bits per heavy atom. The number of thiophene rings is 1. The lowest BCUT2D eigenvalue weighted by Crippen LogP contribution is -2.29. The van der Waals surface area contributed by atoms with Crippen molar-refractivity contribution in [2.45, 2.75) is 45.7 Å². The minimum absolute atomic E-state index is 0.0523. The van der Waals surface area contributed by atoms with E-state index in [1.807, 2.05) is 47.5 Å². The number of para-hydroxylation sites is 1. The second-order valence-corrected chi connectivity index (χ2v) is 8.15. The normalized spacial score (nSPS) is 11.0. The number of unbranched alkanes of at least 4 members (excludes halogenated alkanes) is 2. The molecule has 2 heterocycles. The van der Waals surface area contributed by atoms with Gasteiger partial charge in [-0.15, -0.1) is 11.3 Å². The first-order valence-electron chi connectivity index (χ1n) is 9.62. The maximum absolute atomic E-state index is 12.6. The fourth-order valence-electron chi connectivity index (χ4n) is 3.25. The van der Waals surface area contributed by atoms with Crippen molar-refractivity contribution >= 4 is 40.4 Å². The van der Waals surface area contributed by atoms with Crippen LogP contribution in [0.5, 0.6) is 0 Å². The molecule has 0 fully saturated rings. The fraction of sp³-hybridized carbons (Fsp3) is 0.381. The standard InChI is InChI=1S/C21H25N3O2S2/c1-2-23(15-16-9-8-14-28-16)19(25)12-4-3-7-13-24-20(26)17-10-5-6-11-18(17)22-21(24)27/h5-6,8-11,14H,2-4,7,12-13,15H2,1H3,(H,22,27). The van der Waals surface area contributed by atoms with Crippen molar-refractivity contribution in [1.82, 2.24) is 14.5 Å². The SMILES string of the molecule is CCN(Cc1cccs1)C(=O)CCCCCn1c(=S)[nH]c2ccccc2c1=O. The molecule has 28 heavy (non-hydrogen) atoms. The molecular weight excluding hydrogens is 390 g/mol. The summed E-state index contributed by atoms with van der Waals surface area (Å²) in [6.07, 6.45) is 3.06. The van der Waals surface area contributed by atoms with Gasteiger partial charge in [-0.2, -0.15) is 0 Å². The van der Waals surface area contributed by atoms with Crippen molar-refractivity contribution in [1.29, 1.82) is 0 Å². The van der Waals surface area contributed by atoms with Gasteiger partial charge >= 0.3 is 0 Å². The summed E-state index contributed by atoms with van der Waals surface area (Å²) in [5, 5.41) is 2.69. The van der Waals surface area contributed by atoms with Crippen molar-refractivity contribution in [3.8, 4) is 0 Å². The molecule has 0 aliphatic carbocycles. The van der Waals surface area contributed by atoms with E-state index in [0.717, 1.165) is 31.3 Å². The molecule has 0 atom stereocenters. The summed E-state index contributed by atoms with van der Waals surface area (Å²) >= 11 is 7.02. The first-order chi connectivity index (χ1) is 13.6. The predicted octanol–water partition coefficient (Wildman–Crippen LogP) is 4.73. The summed E-state index contributed by atoms with van der Waals surface area (Å²) in [5.74, 6) is 0.191. The smallest absolute Gasteiger partial charge is 0.262 e. The van der Waals surface area contributed by atoms with Crippen LogP contribution in [-0.2, 0) is 17.9 Å². The van der Waals surface area contributed by atoms with Crippen LogP contribution < -0.4 is 5.56 Å². The second kappa shape index (κ2) is 9.80. The van der Waals surface area contributed by atoms with Gasteiger partial charge in [0.15, 0.2) is 4.77 Å². The van der Waals surface area contributed by atoms with E-state index >= 15 is 0 Å². The summed E-state index contributed by atoms with van der Waals surface area (Å²) < 4.78 is 2.07. The molecule has 7 heteroatoms. The number of amides is 1. The summed E-state index contributed by atoms with van der Waals surface area (Å²) in [4.78, 5) is 31.3. The van der Waals surface area contributed by atoms with Crippen molar-refractivity contribution in [2.24, 2.45) is 0 Å². The Kier molecular flexibility index (Phi) is 7.17. The molecule has 0 aliphatic heterocycles. The Morgan fingerprint density at radius 2 is 2.00 bits per heavy atom. The molecule has 1 N–H and O–H groups in total. The number of fused-ring (bicyclic) bond motifs is 1. The van der Waals surface area contributed by atoms with Gasteiger partial charge < -0.3 is 9.88 Å². The zero-order chi connectivity index (χ0) is 19.9. The van der Waals surface area contributed by atoms with E-state index in [0.29, 0.717) is 29.7 Å². The Hall–Kier alpha value is -2.25. The number of aromatic nitrogens is 2. The van der Waals surface area contributed by atoms with Crippen LogP contribution in [0, 0.1) is 4.77 Å². The Bertz CT molecular complexity index is 1040. The van der Waals surface area contributed by atoms with E-state index < -0.39 is 0 Å². The van der Waals surface area contributed by atoms with Crippen molar-refractivity contribution in [3.05, 3.63) is 61.8 Å². The average molecular weight is 416 g/mol. The zero-order valence-electron chi connectivity index (χ0n) is 16.0. The van der Waals surface area contributed by atoms with Gasteiger partial charge in [-0.3, -0.25) is 14.2 Å². The number of carbonyl (C=O) groups excluding carboxylic acids is 1. The number of carbonyl (C=O) groups is 1. The molecule has 3 aromatic rings. The van der Waals surface area contributed by atoms with Crippen molar-refractivity contribution < 1.29 is 4.79 Å². The van der Waals surface area contributed by atoms with Crippen LogP contribution in [-0.4, -0.2) is 26.9 Å². The Morgan fingerprint density at radius 1 is 1.18 bits per heavy atom. The quantitative estimate of drug-likeness (QED) is 0.406. The molecule has 0 saturated carbocycles. The van der Waals surface area contributed by atoms with Crippen LogP contribution >= 0.6 is 23.6 Å². The maximum Gasteiger partial charge on any atom is 0.262 e. The predicted molar refractivity (Wildman–Crippen MR) is 117 cm³/mol. The topological polar surface area (TPSA) is 58.1 Å². The molecule has 0 aliphatic rings. The minimum Gasteiger partial charge on any atom is -0.338 e. The monoisotopic (exact) mass is 415 g/mol. The first kappa shape index (κ1) is 20.5. The fourth-order valence-corrected chi connectivity index (χ4v) is 4.25. The number of hydrogen-bond donors (Lipinski definition) is 1. The minimum atomic E-state index is -0.0523. The van der Waals surface area contributed by atoms with Crippen LogP contribution in [0.25, 0.3) is 10.9 Å². The van der Waals surface area contributed by atoms with Crippen LogP contribution in [0.1, 0.15) is 37.5 Å². The molecule has 0 radical (unpaired) electrons. The van der Waals surface area contributed by atoms with E-state index in [-0.39, 0.29) is 11.5 Å². The molecule has 3 rings (SSSR count). The van der Waals surface area contributed by atoms with E-state index in [1.54, 1.807) is 15.9 Å². The molecule has 0 saturated heterocycles. The van der Waals surface area contributed by atoms with E-state index in [1.165, 1.54) is 4.88 Å². The molecule has 148 valence electrons. The Labute approximate surface area is 173 Å². The van der Waals surface area contributed by atoms with Gasteiger partial charge in [0.2, 0.25) is 5.91 Å². The largest absolute Gasteiger partial charge is 0.338 e. The van der Waals surface area contributed by atoms with Crippen LogP contribution in [0.2, 0.25) is 0 Å². The third-order valence-corrected chi connectivity index (χ3v) is 6.01. The van der Waals surface area contributed by atoms with Gasteiger partial charge in [0.1, 0.15) is 0 Å². The van der Waals surface area contributed by atoms with Gasteiger partial charge in [-0.05, 0) is 55.6 Å². The van der Waals surface area contributed by atoms with Gasteiger partial charge in [0, 0.05) is 24.4 Å². The molecule has 0 unspecified atom stereocenters. The van der Waals surface area contributed by atoms with Gasteiger partial charge in [0.25, 0.3) is 5.56 Å². The molecular formula is C21H25N3O2S2. The first-order valence-corrected chi connectivity index (χ1v) is 10.9. The lowest BCUT2D eigenvalue weighted by molar-refractivity contribution is -0.131. The summed E-state index contributed by atoms with van der Waals surface area (Å²) in [6, 6.07) is 11.5. The van der Waals surface area contributed by atoms with Crippen LogP contribution in [0.15, 0.2) is 46.6 Å². The van der Waals surface area contributed by atoms with Gasteiger partial charge in [-0.25, -0.2) is 0 Å². The lowest BCUT2D eigenvalue weighted by atomic mass is 10.1. The molecule has 1 aromatic carbocycles. The maximum atomic E-state index is 12.6. The summed E-state index contributed by atoms with van der Waals surface area (Å²) in [6.45, 7) is 3.99. The number of hydrogen-bond acceptors (Lipinski definition) is 4. The number of rotatable bonds is 9. The molecule has 5 nitrogen and oxygen atoms in total. The highest BCUT2D eigenvalue weighted by molar-refractivity contribution is 7.71. The molecule has 2 aromatic heterocycles. The number of aromatic amines is 1. The zero-order valence-corrected chi connectivity index (χ0v) is 17.7. The number of H-pyrrole nitrogens is 1. The van der Waals surface area contributed by atoms with E-state index in [2.05, 4.69) is 11.1 Å². The van der Waals surface area contributed by atoms with Crippen LogP contribution in [0.4, 0.5) is 0 Å². The summed E-state index contributed by atoms with van der Waals surface area (Å²) in [7, 11) is 0. The summed E-state index contributed by atoms with van der Waals surface area (Å²) in [5.41, 5.74) is 0.716. The molecule has 0 spiro atoms. The van der Waals surface area contributed by atoms with Crippen LogP contribution in [0.3, 0.4) is 0 Å². The highest BCUT2D eigenvalue weighted by Crippen LogP contribution is 2.14. The van der Waals surface area contributed by atoms with Gasteiger partial charge in [0.05, 0.1) is 17.4 Å². The number of nitrogens with zero attached hydrogens (tertiary/aromatic N) is 2. The van der Waals surface area contributed by atoms with E-state index in [4.69, 9.17) is 12.2 Å². The second-order valence-electron chi connectivity index (χ2n) is 6.73. The number of nitrogens with one attached hydrogen (secondary N) is 1. The van der Waals surface area contributed by atoms with E-state index in [9.17, 15) is 9.59 Å². The third-order valence-electron chi connectivity index (χ3n) is 4.82. The molecule has 1 amide bonds. The average Bonchev–Trinajstić information content (AvgIpc) is 3.21. The van der Waals surface area contributed by atoms with Gasteiger partial charge in [-0.1, -0.05) is 24.6 Å². The van der Waals surface area contributed by atoms with Crippen molar-refractivity contribution in [2.75, 3.05) is 6.54 Å². The lowest BCUT2D eigenvalue weighted by Gasteiger charge is -2.20. The third kappa shape index (κ3) is 4.97. The Balaban J connectivity index is 1.49. The highest BCUT2D eigenvalue weighted by Gasteiger charge is 2.12. The molecule has 0 bridgehead atoms.